The van der Waals surface area contributed by atoms with E-state index in [4.69, 9.17) is 4.74 Å². The first kappa shape index (κ1) is 17.7. The van der Waals surface area contributed by atoms with E-state index in [-0.39, 0.29) is 17.9 Å². The van der Waals surface area contributed by atoms with Gasteiger partial charge in [-0.2, -0.15) is 0 Å². The quantitative estimate of drug-likeness (QED) is 0.887. The predicted octanol–water partition coefficient (Wildman–Crippen LogP) is 2.61. The molecule has 2 aliphatic rings. The van der Waals surface area contributed by atoms with Crippen molar-refractivity contribution >= 4 is 11.8 Å². The van der Waals surface area contributed by atoms with Crippen molar-refractivity contribution < 1.29 is 14.3 Å². The highest BCUT2D eigenvalue weighted by atomic mass is 16.5. The lowest BCUT2D eigenvalue weighted by molar-refractivity contribution is -0.142. The number of ether oxygens (including phenoxy) is 1. The van der Waals surface area contributed by atoms with E-state index in [0.29, 0.717) is 19.5 Å². The van der Waals surface area contributed by atoms with Crippen LogP contribution in [-0.2, 0) is 27.3 Å². The minimum absolute atomic E-state index is 0.0187. The van der Waals surface area contributed by atoms with Gasteiger partial charge in [0.1, 0.15) is 6.04 Å². The Morgan fingerprint density at radius 3 is 2.67 bits per heavy atom. The summed E-state index contributed by atoms with van der Waals surface area (Å²) >= 11 is 0. The number of nitrogens with one attached hydrogen (secondary N) is 1. The number of amides is 2. The van der Waals surface area contributed by atoms with Crippen LogP contribution in [0.25, 0.3) is 0 Å². The largest absolute Gasteiger partial charge is 0.376 e. The molecular weight excluding hydrogens is 340 g/mol. The number of nitrogens with zero attached hydrogens (tertiary/aromatic N) is 1. The molecule has 2 aromatic carbocycles. The Morgan fingerprint density at radius 2 is 1.89 bits per heavy atom. The molecule has 27 heavy (non-hydrogen) atoms. The van der Waals surface area contributed by atoms with Gasteiger partial charge < -0.3 is 15.0 Å². The van der Waals surface area contributed by atoms with E-state index in [2.05, 4.69) is 5.32 Å². The Kier molecular flexibility index (Phi) is 5.21. The maximum absolute atomic E-state index is 13.1. The minimum atomic E-state index is -0.607. The normalized spacial score (nSPS) is 21.8. The van der Waals surface area contributed by atoms with Crippen LogP contribution in [0.5, 0.6) is 0 Å². The van der Waals surface area contributed by atoms with E-state index < -0.39 is 6.04 Å². The molecule has 5 heteroatoms. The van der Waals surface area contributed by atoms with Crippen LogP contribution in [0.2, 0.25) is 0 Å². The summed E-state index contributed by atoms with van der Waals surface area (Å²) in [7, 11) is 0. The molecule has 2 aliphatic heterocycles. The Labute approximate surface area is 159 Å². The van der Waals surface area contributed by atoms with Crippen LogP contribution in [-0.4, -0.2) is 36.0 Å². The third-order valence-corrected chi connectivity index (χ3v) is 5.30. The van der Waals surface area contributed by atoms with Crippen molar-refractivity contribution in [1.29, 1.82) is 0 Å². The summed E-state index contributed by atoms with van der Waals surface area (Å²) in [6, 6.07) is 16.9. The second kappa shape index (κ2) is 7.92. The summed E-state index contributed by atoms with van der Waals surface area (Å²) in [6.45, 7) is 1.67. The molecule has 2 atom stereocenters. The standard InChI is InChI=1S/C22H24N2O3/c25-20-13-17-9-4-5-11-19(17)21(22(26)23-14-18-10-6-12-27-18)24(20)15-16-7-2-1-3-8-16/h1-5,7-9,11,18,21H,6,10,12-15H2,(H,23,26)/t18-,21-/m0/s1. The second-order valence-electron chi connectivity index (χ2n) is 7.17. The molecule has 1 saturated heterocycles. The highest BCUT2D eigenvalue weighted by Crippen LogP contribution is 2.32. The first-order valence-electron chi connectivity index (χ1n) is 9.53. The SMILES string of the molecule is O=C(NC[C@@H]1CCCO1)[C@@H]1c2ccccc2CC(=O)N1Cc1ccccc1. The number of fused-ring (bicyclic) bond motifs is 1. The molecular formula is C22H24N2O3. The Balaban J connectivity index is 1.59. The Bertz CT molecular complexity index is 815. The van der Waals surface area contributed by atoms with Crippen LogP contribution in [0.1, 0.15) is 35.6 Å². The molecule has 0 bridgehead atoms. The fraction of sp³-hybridized carbons (Fsp3) is 0.364. The van der Waals surface area contributed by atoms with Crippen molar-refractivity contribution in [3.8, 4) is 0 Å². The lowest BCUT2D eigenvalue weighted by Crippen LogP contribution is -2.48. The van der Waals surface area contributed by atoms with Gasteiger partial charge in [0.25, 0.3) is 0 Å². The van der Waals surface area contributed by atoms with Crippen molar-refractivity contribution in [3.63, 3.8) is 0 Å². The highest BCUT2D eigenvalue weighted by molar-refractivity contribution is 5.92. The minimum Gasteiger partial charge on any atom is -0.376 e. The summed E-state index contributed by atoms with van der Waals surface area (Å²) in [5, 5.41) is 3.01. The van der Waals surface area contributed by atoms with Crippen LogP contribution in [0.4, 0.5) is 0 Å². The van der Waals surface area contributed by atoms with Crippen molar-refractivity contribution in [2.45, 2.75) is 38.0 Å². The van der Waals surface area contributed by atoms with E-state index in [0.717, 1.165) is 36.1 Å². The van der Waals surface area contributed by atoms with E-state index in [1.807, 2.05) is 54.6 Å². The van der Waals surface area contributed by atoms with Crippen molar-refractivity contribution in [2.75, 3.05) is 13.2 Å². The van der Waals surface area contributed by atoms with Crippen molar-refractivity contribution in [3.05, 3.63) is 71.3 Å². The zero-order valence-corrected chi connectivity index (χ0v) is 15.3. The fourth-order valence-electron chi connectivity index (χ4n) is 3.90. The van der Waals surface area contributed by atoms with Gasteiger partial charge in [0.05, 0.1) is 12.5 Å². The Morgan fingerprint density at radius 1 is 1.11 bits per heavy atom. The monoisotopic (exact) mass is 364 g/mol. The third-order valence-electron chi connectivity index (χ3n) is 5.30. The Hall–Kier alpha value is -2.66. The van der Waals surface area contributed by atoms with Crippen LogP contribution < -0.4 is 5.32 Å². The topological polar surface area (TPSA) is 58.6 Å². The number of rotatable bonds is 5. The molecule has 1 N–H and O–H groups in total. The van der Waals surface area contributed by atoms with Crippen LogP contribution in [0.3, 0.4) is 0 Å². The van der Waals surface area contributed by atoms with Gasteiger partial charge in [0.2, 0.25) is 11.8 Å². The summed E-state index contributed by atoms with van der Waals surface area (Å²) in [5.41, 5.74) is 2.86. The van der Waals surface area contributed by atoms with Crippen LogP contribution >= 0.6 is 0 Å². The van der Waals surface area contributed by atoms with Crippen molar-refractivity contribution in [2.24, 2.45) is 0 Å². The average molecular weight is 364 g/mol. The number of hydrogen-bond acceptors (Lipinski definition) is 3. The van der Waals surface area contributed by atoms with E-state index in [9.17, 15) is 9.59 Å². The summed E-state index contributed by atoms with van der Waals surface area (Å²) < 4.78 is 5.61. The predicted molar refractivity (Wildman–Crippen MR) is 102 cm³/mol. The van der Waals surface area contributed by atoms with Gasteiger partial charge >= 0.3 is 0 Å². The molecule has 5 nitrogen and oxygen atoms in total. The molecule has 2 amide bonds. The third kappa shape index (κ3) is 3.88. The first-order chi connectivity index (χ1) is 13.2. The zero-order valence-electron chi connectivity index (χ0n) is 15.3. The molecule has 1 fully saturated rings. The maximum atomic E-state index is 13.1. The molecule has 0 radical (unpaired) electrons. The van der Waals surface area contributed by atoms with E-state index in [1.54, 1.807) is 4.90 Å². The fourth-order valence-corrected chi connectivity index (χ4v) is 3.90. The van der Waals surface area contributed by atoms with E-state index >= 15 is 0 Å². The summed E-state index contributed by atoms with van der Waals surface area (Å²) in [6.07, 6.45) is 2.41. The first-order valence-corrected chi connectivity index (χ1v) is 9.53. The van der Waals surface area contributed by atoms with Crippen molar-refractivity contribution in [1.82, 2.24) is 10.2 Å². The average Bonchev–Trinajstić information content (AvgIpc) is 3.21. The van der Waals surface area contributed by atoms with Gasteiger partial charge in [-0.25, -0.2) is 0 Å². The lowest BCUT2D eigenvalue weighted by atomic mass is 9.91. The molecule has 0 aromatic heterocycles. The summed E-state index contributed by atoms with van der Waals surface area (Å²) in [5.74, 6) is -0.156. The van der Waals surface area contributed by atoms with Crippen LogP contribution in [0, 0.1) is 0 Å². The molecule has 0 aliphatic carbocycles. The van der Waals surface area contributed by atoms with Crippen LogP contribution in [0.15, 0.2) is 54.6 Å². The summed E-state index contributed by atoms with van der Waals surface area (Å²) in [4.78, 5) is 27.7. The molecule has 0 spiro atoms. The van der Waals surface area contributed by atoms with Gasteiger partial charge in [-0.05, 0) is 29.5 Å². The van der Waals surface area contributed by atoms with Gasteiger partial charge in [-0.3, -0.25) is 9.59 Å². The molecule has 140 valence electrons. The molecule has 2 aromatic rings. The number of hydrogen-bond donors (Lipinski definition) is 1. The lowest BCUT2D eigenvalue weighted by Gasteiger charge is -2.36. The molecule has 0 saturated carbocycles. The van der Waals surface area contributed by atoms with Gasteiger partial charge in [-0.15, -0.1) is 0 Å². The van der Waals surface area contributed by atoms with Gasteiger partial charge in [-0.1, -0.05) is 54.6 Å². The second-order valence-corrected chi connectivity index (χ2v) is 7.17. The smallest absolute Gasteiger partial charge is 0.247 e. The highest BCUT2D eigenvalue weighted by Gasteiger charge is 2.37. The number of benzene rings is 2. The van der Waals surface area contributed by atoms with Gasteiger partial charge in [0, 0.05) is 19.7 Å². The molecule has 0 unspecified atom stereocenters. The molecule has 4 rings (SSSR count). The maximum Gasteiger partial charge on any atom is 0.247 e. The number of carbonyl (C=O) groups is 2. The number of carbonyl (C=O) groups excluding carboxylic acids is 2. The zero-order chi connectivity index (χ0) is 18.6. The van der Waals surface area contributed by atoms with Gasteiger partial charge in [0.15, 0.2) is 0 Å². The molecule has 2 heterocycles. The van der Waals surface area contributed by atoms with E-state index in [1.165, 1.54) is 0 Å².